The quantitative estimate of drug-likeness (QED) is 0.477. The molecule has 0 aromatic heterocycles. The molecule has 2 nitrogen and oxygen atoms in total. The summed E-state index contributed by atoms with van der Waals surface area (Å²) in [6, 6.07) is 0. The lowest BCUT2D eigenvalue weighted by Crippen LogP contribution is -2.54. The molecular weight excluding hydrogens is 380 g/mol. The third-order valence-electron chi connectivity index (χ3n) is 10.8. The average Bonchev–Trinajstić information content (AvgIpc) is 2.95. The van der Waals surface area contributed by atoms with Crippen molar-refractivity contribution in [3.05, 3.63) is 23.3 Å². The molecule has 0 unspecified atom stereocenters. The number of rotatable bonds is 4. The largest absolute Gasteiger partial charge is 0.393 e. The van der Waals surface area contributed by atoms with E-state index in [0.29, 0.717) is 29.6 Å². The molecule has 3 fully saturated rings. The van der Waals surface area contributed by atoms with Crippen LogP contribution in [0.2, 0.25) is 0 Å². The van der Waals surface area contributed by atoms with E-state index in [-0.39, 0.29) is 28.5 Å². The van der Waals surface area contributed by atoms with Gasteiger partial charge in [0.25, 0.3) is 0 Å². The summed E-state index contributed by atoms with van der Waals surface area (Å²) < 4.78 is 0. The van der Waals surface area contributed by atoms with E-state index in [4.69, 9.17) is 0 Å². The van der Waals surface area contributed by atoms with Gasteiger partial charge in [0.1, 0.15) is 0 Å². The summed E-state index contributed by atoms with van der Waals surface area (Å²) >= 11 is 0. The smallest absolute Gasteiger partial charge is 0.0628 e. The lowest BCUT2D eigenvalue weighted by Gasteiger charge is -2.61. The zero-order chi connectivity index (χ0) is 22.8. The zero-order valence-electron chi connectivity index (χ0n) is 21.2. The van der Waals surface area contributed by atoms with Crippen LogP contribution in [0.15, 0.2) is 23.3 Å². The monoisotopic (exact) mass is 428 g/mol. The van der Waals surface area contributed by atoms with Gasteiger partial charge in [0.15, 0.2) is 0 Å². The van der Waals surface area contributed by atoms with Crippen LogP contribution in [-0.2, 0) is 0 Å². The van der Waals surface area contributed by atoms with E-state index in [9.17, 15) is 10.2 Å². The van der Waals surface area contributed by atoms with Crippen molar-refractivity contribution in [1.82, 2.24) is 0 Å². The Balaban J connectivity index is 1.60. The van der Waals surface area contributed by atoms with Gasteiger partial charge in [-0.2, -0.15) is 0 Å². The summed E-state index contributed by atoms with van der Waals surface area (Å²) in [6.07, 6.45) is 13.6. The molecule has 0 spiro atoms. The minimum Gasteiger partial charge on any atom is -0.393 e. The van der Waals surface area contributed by atoms with Crippen LogP contribution in [0.3, 0.4) is 0 Å². The van der Waals surface area contributed by atoms with Crippen LogP contribution in [0.25, 0.3) is 0 Å². The third-order valence-corrected chi connectivity index (χ3v) is 10.8. The second kappa shape index (κ2) is 8.01. The molecule has 0 aromatic rings. The fourth-order valence-electron chi connectivity index (χ4n) is 9.29. The first-order valence-corrected chi connectivity index (χ1v) is 13.1. The first-order chi connectivity index (χ1) is 14.4. The molecule has 9 atom stereocenters. The molecule has 4 aliphatic rings. The van der Waals surface area contributed by atoms with E-state index in [1.807, 2.05) is 0 Å². The standard InChI is InChI=1S/C29H48O2/c1-18(2)9-8-10-19(3)26-23(30)17-22-20-11-12-24-27(4,5)25(31)14-16-28(24,6)21(20)13-15-29(22,26)7/h9,12,19-23,25-26,30-31H,8,10-11,13-17H2,1-7H3/t19-,20-,21+,22+,23+,25-,26+,28-,29+/m1/s1. The van der Waals surface area contributed by atoms with Gasteiger partial charge < -0.3 is 10.2 Å². The van der Waals surface area contributed by atoms with Crippen LogP contribution >= 0.6 is 0 Å². The highest BCUT2D eigenvalue weighted by Gasteiger charge is 2.63. The highest BCUT2D eigenvalue weighted by molar-refractivity contribution is 5.31. The Morgan fingerprint density at radius 2 is 1.81 bits per heavy atom. The van der Waals surface area contributed by atoms with Crippen LogP contribution in [0.1, 0.15) is 99.8 Å². The predicted octanol–water partition coefficient (Wildman–Crippen LogP) is 6.92. The Hall–Kier alpha value is -0.600. The molecule has 31 heavy (non-hydrogen) atoms. The minimum absolute atomic E-state index is 0.101. The molecule has 0 aliphatic heterocycles. The fraction of sp³-hybridized carbons (Fsp3) is 0.862. The van der Waals surface area contributed by atoms with E-state index in [1.165, 1.54) is 30.4 Å². The summed E-state index contributed by atoms with van der Waals surface area (Å²) in [4.78, 5) is 0. The third kappa shape index (κ3) is 3.59. The van der Waals surface area contributed by atoms with Crippen molar-refractivity contribution >= 4 is 0 Å². The van der Waals surface area contributed by atoms with Crippen molar-refractivity contribution in [2.75, 3.05) is 0 Å². The molecule has 0 amide bonds. The number of hydrogen-bond acceptors (Lipinski definition) is 2. The highest BCUT2D eigenvalue weighted by atomic mass is 16.3. The first-order valence-electron chi connectivity index (χ1n) is 13.1. The summed E-state index contributed by atoms with van der Waals surface area (Å²) in [5.74, 6) is 3.06. The molecule has 4 aliphatic carbocycles. The maximum atomic E-state index is 11.3. The van der Waals surface area contributed by atoms with Gasteiger partial charge in [0.2, 0.25) is 0 Å². The van der Waals surface area contributed by atoms with Gasteiger partial charge in [-0.3, -0.25) is 0 Å². The molecule has 0 aromatic carbocycles. The molecule has 4 rings (SSSR count). The Bertz CT molecular complexity index is 744. The van der Waals surface area contributed by atoms with Crippen molar-refractivity contribution in [2.24, 2.45) is 45.8 Å². The Kier molecular flexibility index (Phi) is 6.09. The minimum atomic E-state index is -0.212. The fourth-order valence-corrected chi connectivity index (χ4v) is 9.29. The summed E-state index contributed by atoms with van der Waals surface area (Å²) in [7, 11) is 0. The maximum absolute atomic E-state index is 11.3. The number of aliphatic hydroxyl groups is 2. The van der Waals surface area contributed by atoms with E-state index >= 15 is 0 Å². The van der Waals surface area contributed by atoms with Crippen molar-refractivity contribution < 1.29 is 10.2 Å². The number of fused-ring (bicyclic) bond motifs is 5. The number of hydrogen-bond donors (Lipinski definition) is 2. The molecule has 0 bridgehead atoms. The number of aliphatic hydroxyl groups excluding tert-OH is 2. The van der Waals surface area contributed by atoms with Crippen molar-refractivity contribution in [3.63, 3.8) is 0 Å². The Labute approximate surface area is 191 Å². The molecule has 0 saturated heterocycles. The summed E-state index contributed by atoms with van der Waals surface area (Å²) in [5, 5.41) is 22.0. The lowest BCUT2D eigenvalue weighted by atomic mass is 9.44. The highest BCUT2D eigenvalue weighted by Crippen LogP contribution is 2.68. The SMILES string of the molecule is CC(C)=CCC[C@@H](C)[C@H]1[C@@H](O)C[C@H]2[C@@H]3CC=C4C(C)(C)[C@H](O)CC[C@]4(C)[C@H]3CC[C@]12C. The first kappa shape index (κ1) is 23.6. The molecule has 0 radical (unpaired) electrons. The molecule has 3 saturated carbocycles. The van der Waals surface area contributed by atoms with Gasteiger partial charge in [-0.15, -0.1) is 0 Å². The van der Waals surface area contributed by atoms with Gasteiger partial charge in [0, 0.05) is 5.41 Å². The molecule has 0 heterocycles. The van der Waals surface area contributed by atoms with Gasteiger partial charge in [-0.1, -0.05) is 57.9 Å². The van der Waals surface area contributed by atoms with Crippen LogP contribution in [-0.4, -0.2) is 22.4 Å². The van der Waals surface area contributed by atoms with Gasteiger partial charge in [-0.25, -0.2) is 0 Å². The normalized spacial score (nSPS) is 46.9. The molecule has 176 valence electrons. The van der Waals surface area contributed by atoms with Crippen molar-refractivity contribution in [2.45, 2.75) is 112 Å². The van der Waals surface area contributed by atoms with Gasteiger partial charge in [0.05, 0.1) is 12.2 Å². The van der Waals surface area contributed by atoms with E-state index in [1.54, 1.807) is 0 Å². The number of allylic oxidation sites excluding steroid dienone is 3. The van der Waals surface area contributed by atoms with E-state index in [2.05, 4.69) is 60.6 Å². The average molecular weight is 429 g/mol. The zero-order valence-corrected chi connectivity index (χ0v) is 21.2. The second-order valence-electron chi connectivity index (χ2n) is 13.1. The molecule has 2 N–H and O–H groups in total. The molecule has 2 heteroatoms. The predicted molar refractivity (Wildman–Crippen MR) is 130 cm³/mol. The van der Waals surface area contributed by atoms with Gasteiger partial charge in [-0.05, 0) is 106 Å². The maximum Gasteiger partial charge on any atom is 0.0628 e. The van der Waals surface area contributed by atoms with E-state index < -0.39 is 0 Å². The lowest BCUT2D eigenvalue weighted by molar-refractivity contribution is -0.0804. The summed E-state index contributed by atoms with van der Waals surface area (Å²) in [5.41, 5.74) is 3.34. The molecular formula is C29H48O2. The van der Waals surface area contributed by atoms with Crippen LogP contribution in [0.5, 0.6) is 0 Å². The van der Waals surface area contributed by atoms with Crippen molar-refractivity contribution in [3.8, 4) is 0 Å². The van der Waals surface area contributed by atoms with Crippen LogP contribution in [0, 0.1) is 45.8 Å². The van der Waals surface area contributed by atoms with E-state index in [0.717, 1.165) is 32.1 Å². The topological polar surface area (TPSA) is 40.5 Å². The summed E-state index contributed by atoms with van der Waals surface area (Å²) in [6.45, 7) is 16.3. The van der Waals surface area contributed by atoms with Crippen LogP contribution in [0.4, 0.5) is 0 Å². The van der Waals surface area contributed by atoms with Crippen molar-refractivity contribution in [1.29, 1.82) is 0 Å². The van der Waals surface area contributed by atoms with Gasteiger partial charge >= 0.3 is 0 Å². The van der Waals surface area contributed by atoms with Crippen LogP contribution < -0.4 is 0 Å². The second-order valence-corrected chi connectivity index (χ2v) is 13.1. The Morgan fingerprint density at radius 3 is 2.48 bits per heavy atom. The Morgan fingerprint density at radius 1 is 1.10 bits per heavy atom.